The molecule has 0 aromatic carbocycles. The van der Waals surface area contributed by atoms with Crippen LogP contribution in [0.4, 0.5) is 0 Å². The highest BCUT2D eigenvalue weighted by molar-refractivity contribution is 5.80. The zero-order chi connectivity index (χ0) is 12.7. The van der Waals surface area contributed by atoms with E-state index in [1.807, 2.05) is 0 Å². The third-order valence-corrected chi connectivity index (χ3v) is 3.66. The number of carbonyl (C=O) groups is 1. The first-order chi connectivity index (χ1) is 8.12. The SMILES string of the molecule is CNC(C)(COCC1CCCCC1)C(=O)OC. The van der Waals surface area contributed by atoms with E-state index in [0.717, 1.165) is 6.61 Å². The number of hydrogen-bond donors (Lipinski definition) is 1. The number of hydrogen-bond acceptors (Lipinski definition) is 4. The molecule has 1 aliphatic rings. The molecule has 4 heteroatoms. The number of esters is 1. The summed E-state index contributed by atoms with van der Waals surface area (Å²) in [4.78, 5) is 11.6. The molecule has 1 saturated carbocycles. The summed E-state index contributed by atoms with van der Waals surface area (Å²) in [7, 11) is 3.15. The van der Waals surface area contributed by atoms with Crippen LogP contribution in [0, 0.1) is 5.92 Å². The second kappa shape index (κ2) is 6.97. The van der Waals surface area contributed by atoms with Crippen molar-refractivity contribution in [2.24, 2.45) is 5.92 Å². The number of carbonyl (C=O) groups excluding carboxylic acids is 1. The Kier molecular flexibility index (Phi) is 5.92. The summed E-state index contributed by atoms with van der Waals surface area (Å²) < 4.78 is 10.5. The lowest BCUT2D eigenvalue weighted by molar-refractivity contribution is -0.150. The number of likely N-dealkylation sites (N-methyl/N-ethyl adjacent to an activating group) is 1. The molecule has 17 heavy (non-hydrogen) atoms. The molecule has 1 rings (SSSR count). The largest absolute Gasteiger partial charge is 0.468 e. The monoisotopic (exact) mass is 243 g/mol. The van der Waals surface area contributed by atoms with Gasteiger partial charge in [-0.1, -0.05) is 19.3 Å². The molecule has 0 saturated heterocycles. The minimum atomic E-state index is -0.733. The summed E-state index contributed by atoms with van der Waals surface area (Å²) in [6, 6.07) is 0. The van der Waals surface area contributed by atoms with Crippen LogP contribution in [0.3, 0.4) is 0 Å². The molecule has 0 heterocycles. The van der Waals surface area contributed by atoms with Crippen LogP contribution in [0.15, 0.2) is 0 Å². The minimum Gasteiger partial charge on any atom is -0.468 e. The zero-order valence-electron chi connectivity index (χ0n) is 11.3. The van der Waals surface area contributed by atoms with Crippen LogP contribution in [0.5, 0.6) is 0 Å². The van der Waals surface area contributed by atoms with Gasteiger partial charge in [0.25, 0.3) is 0 Å². The minimum absolute atomic E-state index is 0.274. The van der Waals surface area contributed by atoms with Crippen molar-refractivity contribution in [3.05, 3.63) is 0 Å². The molecule has 0 aliphatic heterocycles. The average Bonchev–Trinajstić information content (AvgIpc) is 2.38. The first-order valence-electron chi connectivity index (χ1n) is 6.47. The predicted molar refractivity (Wildman–Crippen MR) is 66.9 cm³/mol. The summed E-state index contributed by atoms with van der Waals surface area (Å²) in [6.07, 6.45) is 6.50. The molecule has 0 aromatic rings. The van der Waals surface area contributed by atoms with E-state index in [2.05, 4.69) is 5.32 Å². The second-order valence-corrected chi connectivity index (χ2v) is 5.09. The van der Waals surface area contributed by atoms with E-state index < -0.39 is 5.54 Å². The number of ether oxygens (including phenoxy) is 2. The first kappa shape index (κ1) is 14.5. The maximum Gasteiger partial charge on any atom is 0.328 e. The fraction of sp³-hybridized carbons (Fsp3) is 0.923. The van der Waals surface area contributed by atoms with E-state index in [4.69, 9.17) is 9.47 Å². The van der Waals surface area contributed by atoms with Crippen LogP contribution in [-0.4, -0.2) is 38.9 Å². The summed E-state index contributed by atoms with van der Waals surface area (Å²) in [5.74, 6) is 0.395. The van der Waals surface area contributed by atoms with Crippen molar-refractivity contribution in [2.45, 2.75) is 44.6 Å². The van der Waals surface area contributed by atoms with Gasteiger partial charge in [0.1, 0.15) is 5.54 Å². The van der Waals surface area contributed by atoms with E-state index >= 15 is 0 Å². The third-order valence-electron chi connectivity index (χ3n) is 3.66. The van der Waals surface area contributed by atoms with Crippen molar-refractivity contribution in [2.75, 3.05) is 27.4 Å². The van der Waals surface area contributed by atoms with Gasteiger partial charge in [0.15, 0.2) is 0 Å². The van der Waals surface area contributed by atoms with Crippen molar-refractivity contribution in [1.82, 2.24) is 5.32 Å². The molecule has 0 amide bonds. The lowest BCUT2D eigenvalue weighted by atomic mass is 9.90. The topological polar surface area (TPSA) is 47.6 Å². The van der Waals surface area contributed by atoms with Gasteiger partial charge in [-0.3, -0.25) is 0 Å². The smallest absolute Gasteiger partial charge is 0.328 e. The maximum absolute atomic E-state index is 11.6. The normalized spacial score (nSPS) is 20.9. The Bertz CT molecular complexity index is 239. The van der Waals surface area contributed by atoms with E-state index in [0.29, 0.717) is 12.5 Å². The number of rotatable bonds is 6. The summed E-state index contributed by atoms with van der Waals surface area (Å²) >= 11 is 0. The Hall–Kier alpha value is -0.610. The van der Waals surface area contributed by atoms with Gasteiger partial charge in [0.05, 0.1) is 13.7 Å². The fourth-order valence-corrected chi connectivity index (χ4v) is 2.24. The van der Waals surface area contributed by atoms with Gasteiger partial charge in [-0.15, -0.1) is 0 Å². The highest BCUT2D eigenvalue weighted by Crippen LogP contribution is 2.24. The van der Waals surface area contributed by atoms with Crippen LogP contribution in [0.2, 0.25) is 0 Å². The van der Waals surface area contributed by atoms with E-state index in [1.54, 1.807) is 14.0 Å². The van der Waals surface area contributed by atoms with Gasteiger partial charge in [0.2, 0.25) is 0 Å². The average molecular weight is 243 g/mol. The van der Waals surface area contributed by atoms with Crippen molar-refractivity contribution in [1.29, 1.82) is 0 Å². The van der Waals surface area contributed by atoms with E-state index in [9.17, 15) is 4.79 Å². The Morgan fingerprint density at radius 3 is 2.53 bits per heavy atom. The number of nitrogens with one attached hydrogen (secondary N) is 1. The summed E-state index contributed by atoms with van der Waals surface area (Å²) in [6.45, 7) is 2.93. The molecule has 100 valence electrons. The zero-order valence-corrected chi connectivity index (χ0v) is 11.3. The van der Waals surface area contributed by atoms with E-state index in [1.165, 1.54) is 39.2 Å². The van der Waals surface area contributed by atoms with Gasteiger partial charge in [-0.25, -0.2) is 4.79 Å². The highest BCUT2D eigenvalue weighted by atomic mass is 16.5. The molecule has 0 aromatic heterocycles. The van der Waals surface area contributed by atoms with Crippen LogP contribution >= 0.6 is 0 Å². The molecular weight excluding hydrogens is 218 g/mol. The molecule has 1 unspecified atom stereocenters. The van der Waals surface area contributed by atoms with Crippen LogP contribution in [0.25, 0.3) is 0 Å². The predicted octanol–water partition coefficient (Wildman–Crippen LogP) is 1.73. The molecule has 0 radical (unpaired) electrons. The Morgan fingerprint density at radius 1 is 1.35 bits per heavy atom. The van der Waals surface area contributed by atoms with Gasteiger partial charge in [-0.05, 0) is 32.7 Å². The highest BCUT2D eigenvalue weighted by Gasteiger charge is 2.33. The van der Waals surface area contributed by atoms with Crippen LogP contribution in [-0.2, 0) is 14.3 Å². The molecule has 1 fully saturated rings. The molecule has 4 nitrogen and oxygen atoms in total. The molecule has 0 bridgehead atoms. The third kappa shape index (κ3) is 4.28. The summed E-state index contributed by atoms with van der Waals surface area (Å²) in [5, 5.41) is 2.97. The Labute approximate surface area is 104 Å². The standard InChI is InChI=1S/C13H25NO3/c1-13(14-2,12(15)16-3)10-17-9-11-7-5-4-6-8-11/h11,14H,4-10H2,1-3H3. The van der Waals surface area contributed by atoms with Gasteiger partial charge < -0.3 is 14.8 Å². The van der Waals surface area contributed by atoms with E-state index in [-0.39, 0.29) is 5.97 Å². The van der Waals surface area contributed by atoms with Crippen molar-refractivity contribution >= 4 is 5.97 Å². The van der Waals surface area contributed by atoms with Gasteiger partial charge in [-0.2, -0.15) is 0 Å². The molecule has 1 atom stereocenters. The van der Waals surface area contributed by atoms with Crippen LogP contribution < -0.4 is 5.32 Å². The van der Waals surface area contributed by atoms with Crippen LogP contribution in [0.1, 0.15) is 39.0 Å². The van der Waals surface area contributed by atoms with Crippen molar-refractivity contribution in [3.63, 3.8) is 0 Å². The lowest BCUT2D eigenvalue weighted by Crippen LogP contribution is -2.52. The molecular formula is C13H25NO3. The Morgan fingerprint density at radius 2 is 2.00 bits per heavy atom. The second-order valence-electron chi connectivity index (χ2n) is 5.09. The maximum atomic E-state index is 11.6. The molecule has 1 aliphatic carbocycles. The first-order valence-corrected chi connectivity index (χ1v) is 6.47. The summed E-state index contributed by atoms with van der Waals surface area (Å²) in [5.41, 5.74) is -0.733. The fourth-order valence-electron chi connectivity index (χ4n) is 2.24. The lowest BCUT2D eigenvalue weighted by Gasteiger charge is -2.28. The molecule has 0 spiro atoms. The quantitative estimate of drug-likeness (QED) is 0.722. The van der Waals surface area contributed by atoms with Crippen molar-refractivity contribution in [3.8, 4) is 0 Å². The van der Waals surface area contributed by atoms with Crippen molar-refractivity contribution < 1.29 is 14.3 Å². The van der Waals surface area contributed by atoms with Gasteiger partial charge in [0, 0.05) is 6.61 Å². The molecule has 1 N–H and O–H groups in total. The Balaban J connectivity index is 2.29. The number of methoxy groups -OCH3 is 1. The van der Waals surface area contributed by atoms with Gasteiger partial charge >= 0.3 is 5.97 Å².